The van der Waals surface area contributed by atoms with E-state index in [1.807, 2.05) is 25.1 Å². The number of rotatable bonds is 1. The Balaban J connectivity index is 2.60. The van der Waals surface area contributed by atoms with E-state index in [2.05, 4.69) is 0 Å². The molecule has 3 nitrogen and oxygen atoms in total. The van der Waals surface area contributed by atoms with Gasteiger partial charge >= 0.3 is 0 Å². The van der Waals surface area contributed by atoms with Crippen LogP contribution in [-0.4, -0.2) is 0 Å². The average Bonchev–Trinajstić information content (AvgIpc) is 2.64. The summed E-state index contributed by atoms with van der Waals surface area (Å²) in [6, 6.07) is 5.60. The Labute approximate surface area is 82.3 Å². The van der Waals surface area contributed by atoms with Crippen LogP contribution in [-0.2, 0) is 0 Å². The second kappa shape index (κ2) is 3.10. The zero-order valence-corrected chi connectivity index (χ0v) is 7.95. The minimum atomic E-state index is 0.720. The SMILES string of the molecule is Cc1cc(N)c(-c2ccoc2)cc1N. The van der Waals surface area contributed by atoms with Gasteiger partial charge in [0.25, 0.3) is 0 Å². The minimum Gasteiger partial charge on any atom is -0.472 e. The van der Waals surface area contributed by atoms with E-state index in [0.717, 1.165) is 28.1 Å². The molecule has 0 aliphatic heterocycles. The Morgan fingerprint density at radius 3 is 2.57 bits per heavy atom. The molecule has 0 unspecified atom stereocenters. The highest BCUT2D eigenvalue weighted by Gasteiger charge is 2.06. The van der Waals surface area contributed by atoms with Crippen molar-refractivity contribution in [1.29, 1.82) is 0 Å². The molecular weight excluding hydrogens is 176 g/mol. The van der Waals surface area contributed by atoms with Crippen molar-refractivity contribution in [2.45, 2.75) is 6.92 Å². The fourth-order valence-electron chi connectivity index (χ4n) is 1.41. The van der Waals surface area contributed by atoms with Crippen LogP contribution in [0.2, 0.25) is 0 Å². The van der Waals surface area contributed by atoms with E-state index >= 15 is 0 Å². The molecule has 0 amide bonds. The third kappa shape index (κ3) is 1.33. The lowest BCUT2D eigenvalue weighted by Crippen LogP contribution is -1.95. The van der Waals surface area contributed by atoms with Crippen LogP contribution in [0.4, 0.5) is 11.4 Å². The summed E-state index contributed by atoms with van der Waals surface area (Å²) in [5, 5.41) is 0. The highest BCUT2D eigenvalue weighted by molar-refractivity contribution is 5.80. The standard InChI is InChI=1S/C11H12N2O/c1-7-4-11(13)9(5-10(7)12)8-2-3-14-6-8/h2-6H,12-13H2,1H3. The summed E-state index contributed by atoms with van der Waals surface area (Å²) < 4.78 is 5.00. The summed E-state index contributed by atoms with van der Waals surface area (Å²) >= 11 is 0. The molecule has 0 fully saturated rings. The smallest absolute Gasteiger partial charge is 0.0981 e. The molecule has 4 N–H and O–H groups in total. The van der Waals surface area contributed by atoms with E-state index in [1.54, 1.807) is 12.5 Å². The minimum absolute atomic E-state index is 0.720. The maximum Gasteiger partial charge on any atom is 0.0981 e. The quantitative estimate of drug-likeness (QED) is 0.675. The molecule has 0 spiro atoms. The fourth-order valence-corrected chi connectivity index (χ4v) is 1.41. The molecule has 1 aromatic heterocycles. The van der Waals surface area contributed by atoms with Gasteiger partial charge in [0.05, 0.1) is 12.5 Å². The summed E-state index contributed by atoms with van der Waals surface area (Å²) in [6.07, 6.45) is 3.27. The molecule has 1 aromatic carbocycles. The molecule has 0 bridgehead atoms. The van der Waals surface area contributed by atoms with Gasteiger partial charge in [-0.15, -0.1) is 0 Å². The van der Waals surface area contributed by atoms with E-state index in [4.69, 9.17) is 15.9 Å². The Hall–Kier alpha value is -1.90. The lowest BCUT2D eigenvalue weighted by atomic mass is 10.0. The second-order valence-electron chi connectivity index (χ2n) is 3.31. The van der Waals surface area contributed by atoms with Crippen molar-refractivity contribution in [1.82, 2.24) is 0 Å². The van der Waals surface area contributed by atoms with Gasteiger partial charge in [-0.2, -0.15) is 0 Å². The predicted molar refractivity (Wildman–Crippen MR) is 57.7 cm³/mol. The van der Waals surface area contributed by atoms with Crippen molar-refractivity contribution in [3.63, 3.8) is 0 Å². The van der Waals surface area contributed by atoms with Crippen LogP contribution in [0.5, 0.6) is 0 Å². The van der Waals surface area contributed by atoms with Crippen molar-refractivity contribution >= 4 is 11.4 Å². The lowest BCUT2D eigenvalue weighted by Gasteiger charge is -2.07. The number of hydrogen-bond donors (Lipinski definition) is 2. The van der Waals surface area contributed by atoms with Gasteiger partial charge in [0.1, 0.15) is 0 Å². The van der Waals surface area contributed by atoms with Crippen molar-refractivity contribution in [2.75, 3.05) is 11.5 Å². The van der Waals surface area contributed by atoms with Gasteiger partial charge in [-0.3, -0.25) is 0 Å². The van der Waals surface area contributed by atoms with E-state index in [-0.39, 0.29) is 0 Å². The van der Waals surface area contributed by atoms with Gasteiger partial charge in [0.2, 0.25) is 0 Å². The molecule has 2 rings (SSSR count). The van der Waals surface area contributed by atoms with Gasteiger partial charge in [0.15, 0.2) is 0 Å². The molecule has 0 radical (unpaired) electrons. The third-order valence-corrected chi connectivity index (χ3v) is 2.27. The maximum absolute atomic E-state index is 5.88. The largest absolute Gasteiger partial charge is 0.472 e. The van der Waals surface area contributed by atoms with Gasteiger partial charge in [0, 0.05) is 22.5 Å². The first-order chi connectivity index (χ1) is 6.68. The summed E-state index contributed by atoms with van der Waals surface area (Å²) in [4.78, 5) is 0. The van der Waals surface area contributed by atoms with Crippen LogP contribution in [0.3, 0.4) is 0 Å². The monoisotopic (exact) mass is 188 g/mol. The molecule has 3 heteroatoms. The summed E-state index contributed by atoms with van der Waals surface area (Å²) in [5.74, 6) is 0. The molecule has 0 aliphatic carbocycles. The lowest BCUT2D eigenvalue weighted by molar-refractivity contribution is 0.568. The third-order valence-electron chi connectivity index (χ3n) is 2.27. The molecule has 0 saturated heterocycles. The van der Waals surface area contributed by atoms with Crippen LogP contribution in [0.1, 0.15) is 5.56 Å². The zero-order chi connectivity index (χ0) is 10.1. The predicted octanol–water partition coefficient (Wildman–Crippen LogP) is 2.42. The summed E-state index contributed by atoms with van der Waals surface area (Å²) in [7, 11) is 0. The van der Waals surface area contributed by atoms with E-state index in [1.165, 1.54) is 0 Å². The summed E-state index contributed by atoms with van der Waals surface area (Å²) in [5.41, 5.74) is 16.0. The molecule has 1 heterocycles. The van der Waals surface area contributed by atoms with Crippen LogP contribution in [0, 0.1) is 6.92 Å². The highest BCUT2D eigenvalue weighted by atomic mass is 16.3. The molecular formula is C11H12N2O. The van der Waals surface area contributed by atoms with Crippen LogP contribution >= 0.6 is 0 Å². The number of nitrogens with two attached hydrogens (primary N) is 2. The van der Waals surface area contributed by atoms with Gasteiger partial charge in [-0.05, 0) is 30.7 Å². The molecule has 72 valence electrons. The number of furan rings is 1. The summed E-state index contributed by atoms with van der Waals surface area (Å²) in [6.45, 7) is 1.94. The topological polar surface area (TPSA) is 65.2 Å². The maximum atomic E-state index is 5.88. The first kappa shape index (κ1) is 8.69. The Kier molecular flexibility index (Phi) is 1.93. The van der Waals surface area contributed by atoms with Crippen molar-refractivity contribution in [3.8, 4) is 11.1 Å². The van der Waals surface area contributed by atoms with Gasteiger partial charge < -0.3 is 15.9 Å². The number of benzene rings is 1. The first-order valence-corrected chi connectivity index (χ1v) is 4.36. The van der Waals surface area contributed by atoms with Gasteiger partial charge in [-0.1, -0.05) is 0 Å². The van der Waals surface area contributed by atoms with E-state index in [0.29, 0.717) is 0 Å². The van der Waals surface area contributed by atoms with Gasteiger partial charge in [-0.25, -0.2) is 0 Å². The second-order valence-corrected chi connectivity index (χ2v) is 3.31. The van der Waals surface area contributed by atoms with Crippen LogP contribution in [0.25, 0.3) is 11.1 Å². The molecule has 2 aromatic rings. The molecule has 0 atom stereocenters. The fraction of sp³-hybridized carbons (Fsp3) is 0.0909. The average molecular weight is 188 g/mol. The number of anilines is 2. The zero-order valence-electron chi connectivity index (χ0n) is 7.95. The van der Waals surface area contributed by atoms with Crippen molar-refractivity contribution < 1.29 is 4.42 Å². The Morgan fingerprint density at radius 1 is 1.14 bits per heavy atom. The molecule has 0 saturated carbocycles. The van der Waals surface area contributed by atoms with E-state index < -0.39 is 0 Å². The first-order valence-electron chi connectivity index (χ1n) is 4.36. The van der Waals surface area contributed by atoms with Crippen LogP contribution < -0.4 is 11.5 Å². The van der Waals surface area contributed by atoms with Crippen molar-refractivity contribution in [2.24, 2.45) is 0 Å². The number of aryl methyl sites for hydroxylation is 1. The van der Waals surface area contributed by atoms with Crippen LogP contribution in [0.15, 0.2) is 35.1 Å². The highest BCUT2D eigenvalue weighted by Crippen LogP contribution is 2.30. The molecule has 14 heavy (non-hydrogen) atoms. The molecule has 0 aliphatic rings. The number of nitrogen functional groups attached to an aromatic ring is 2. The normalized spacial score (nSPS) is 10.4. The van der Waals surface area contributed by atoms with E-state index in [9.17, 15) is 0 Å². The Bertz CT molecular complexity index is 447. The Morgan fingerprint density at radius 2 is 1.93 bits per heavy atom. The number of hydrogen-bond acceptors (Lipinski definition) is 3. The van der Waals surface area contributed by atoms with Crippen molar-refractivity contribution in [3.05, 3.63) is 36.3 Å².